The summed E-state index contributed by atoms with van der Waals surface area (Å²) in [4.78, 5) is 2.34. The van der Waals surface area contributed by atoms with Crippen molar-refractivity contribution in [3.05, 3.63) is 0 Å². The van der Waals surface area contributed by atoms with Crippen molar-refractivity contribution < 1.29 is 13.2 Å². The number of piperidine rings is 1. The molecule has 1 atom stereocenters. The lowest BCUT2D eigenvalue weighted by molar-refractivity contribution is 0.0951. The number of rotatable bonds is 7. The van der Waals surface area contributed by atoms with Gasteiger partial charge in [-0.2, -0.15) is 0 Å². The summed E-state index contributed by atoms with van der Waals surface area (Å²) in [5.74, 6) is 2.69. The minimum atomic E-state index is -3.04. The molecule has 0 radical (unpaired) electrons. The number of ether oxygens (including phenoxy) is 1. The van der Waals surface area contributed by atoms with Crippen LogP contribution in [0.25, 0.3) is 0 Å². The Labute approximate surface area is 172 Å². The Kier molecular flexibility index (Phi) is 6.49. The monoisotopic (exact) mass is 429 g/mol. The topological polar surface area (TPSA) is 80.6 Å². The predicted octanol–water partition coefficient (Wildman–Crippen LogP) is 1.82. The number of thioether (sulfide) groups is 1. The molecule has 0 spiro atoms. The van der Waals surface area contributed by atoms with Crippen LogP contribution in [0.15, 0.2) is 5.16 Å². The predicted molar refractivity (Wildman–Crippen MR) is 110 cm³/mol. The largest absolute Gasteiger partial charge is 0.376 e. The molecule has 1 unspecified atom stereocenters. The molecule has 0 bridgehead atoms. The second kappa shape index (κ2) is 8.89. The fraction of sp³-hybridized carbons (Fsp3) is 0.889. The SMILES string of the molecule is CC1CCN(c2nnc(SCCN3CCCS3(=O)=O)n2CC2CCCO2)CC1. The first-order valence-electron chi connectivity index (χ1n) is 10.4. The van der Waals surface area contributed by atoms with E-state index >= 15 is 0 Å². The molecule has 28 heavy (non-hydrogen) atoms. The molecule has 0 amide bonds. The van der Waals surface area contributed by atoms with Crippen LogP contribution in [-0.4, -0.2) is 77.9 Å². The molecule has 3 saturated heterocycles. The van der Waals surface area contributed by atoms with Crippen LogP contribution in [0, 0.1) is 5.92 Å². The molecule has 3 aliphatic heterocycles. The average Bonchev–Trinajstić information content (AvgIpc) is 3.39. The third kappa shape index (κ3) is 4.66. The van der Waals surface area contributed by atoms with Crippen molar-refractivity contribution >= 4 is 27.7 Å². The highest BCUT2D eigenvalue weighted by molar-refractivity contribution is 7.99. The average molecular weight is 430 g/mol. The number of hydrogen-bond acceptors (Lipinski definition) is 7. The highest BCUT2D eigenvalue weighted by atomic mass is 32.2. The van der Waals surface area contributed by atoms with Crippen molar-refractivity contribution in [3.8, 4) is 0 Å². The summed E-state index contributed by atoms with van der Waals surface area (Å²) in [5, 5.41) is 9.86. The van der Waals surface area contributed by atoms with Gasteiger partial charge in [0.25, 0.3) is 0 Å². The number of aromatic nitrogens is 3. The summed E-state index contributed by atoms with van der Waals surface area (Å²) in [6.07, 6.45) is 5.50. The Bertz CT molecular complexity index is 755. The molecule has 3 aliphatic rings. The van der Waals surface area contributed by atoms with Gasteiger partial charge in [-0.05, 0) is 38.0 Å². The molecule has 1 aromatic rings. The minimum Gasteiger partial charge on any atom is -0.376 e. The molecule has 10 heteroatoms. The van der Waals surface area contributed by atoms with Crippen LogP contribution in [-0.2, 0) is 21.3 Å². The second-order valence-electron chi connectivity index (χ2n) is 8.11. The highest BCUT2D eigenvalue weighted by Crippen LogP contribution is 2.28. The maximum absolute atomic E-state index is 12.0. The van der Waals surface area contributed by atoms with Gasteiger partial charge in [0.05, 0.1) is 18.4 Å². The van der Waals surface area contributed by atoms with E-state index in [1.54, 1.807) is 16.1 Å². The van der Waals surface area contributed by atoms with Gasteiger partial charge < -0.3 is 9.64 Å². The summed E-state index contributed by atoms with van der Waals surface area (Å²) < 4.78 is 33.7. The Balaban J connectivity index is 1.44. The van der Waals surface area contributed by atoms with Crippen LogP contribution >= 0.6 is 11.8 Å². The van der Waals surface area contributed by atoms with Crippen LogP contribution in [0.1, 0.15) is 39.0 Å². The molecule has 4 rings (SSSR count). The van der Waals surface area contributed by atoms with Gasteiger partial charge in [-0.25, -0.2) is 12.7 Å². The van der Waals surface area contributed by atoms with Crippen LogP contribution in [0.2, 0.25) is 0 Å². The van der Waals surface area contributed by atoms with E-state index in [9.17, 15) is 8.42 Å². The molecule has 0 aliphatic carbocycles. The maximum atomic E-state index is 12.0. The van der Waals surface area contributed by atoms with Crippen LogP contribution in [0.5, 0.6) is 0 Å². The Morgan fingerprint density at radius 1 is 1.14 bits per heavy atom. The van der Waals surface area contributed by atoms with Gasteiger partial charge in [-0.1, -0.05) is 18.7 Å². The lowest BCUT2D eigenvalue weighted by Gasteiger charge is -2.31. The van der Waals surface area contributed by atoms with Gasteiger partial charge in [0.15, 0.2) is 5.16 Å². The van der Waals surface area contributed by atoms with Crippen molar-refractivity contribution in [2.75, 3.05) is 49.2 Å². The van der Waals surface area contributed by atoms with Gasteiger partial charge in [-0.3, -0.25) is 4.57 Å². The van der Waals surface area contributed by atoms with Gasteiger partial charge in [0.1, 0.15) is 0 Å². The summed E-state index contributed by atoms with van der Waals surface area (Å²) >= 11 is 1.60. The molecule has 1 aromatic heterocycles. The number of anilines is 1. The molecular weight excluding hydrogens is 398 g/mol. The third-order valence-electron chi connectivity index (χ3n) is 5.95. The summed E-state index contributed by atoms with van der Waals surface area (Å²) in [6, 6.07) is 0. The van der Waals surface area contributed by atoms with Crippen LogP contribution in [0.4, 0.5) is 5.95 Å². The highest BCUT2D eigenvalue weighted by Gasteiger charge is 2.29. The van der Waals surface area contributed by atoms with E-state index < -0.39 is 10.0 Å². The van der Waals surface area contributed by atoms with Crippen molar-refractivity contribution in [1.82, 2.24) is 19.1 Å². The number of hydrogen-bond donors (Lipinski definition) is 0. The molecule has 8 nitrogen and oxygen atoms in total. The Morgan fingerprint density at radius 2 is 1.96 bits per heavy atom. The lowest BCUT2D eigenvalue weighted by atomic mass is 10.00. The van der Waals surface area contributed by atoms with Crippen molar-refractivity contribution in [2.45, 2.75) is 56.8 Å². The molecule has 3 fully saturated rings. The molecule has 0 saturated carbocycles. The summed E-state index contributed by atoms with van der Waals surface area (Å²) in [6.45, 7) is 7.13. The first kappa shape index (κ1) is 20.4. The van der Waals surface area contributed by atoms with E-state index in [0.717, 1.165) is 62.5 Å². The van der Waals surface area contributed by atoms with E-state index in [1.807, 2.05) is 0 Å². The summed E-state index contributed by atoms with van der Waals surface area (Å²) in [5.41, 5.74) is 0. The van der Waals surface area contributed by atoms with Gasteiger partial charge in [0.2, 0.25) is 16.0 Å². The van der Waals surface area contributed by atoms with Crippen molar-refractivity contribution in [2.24, 2.45) is 5.92 Å². The smallest absolute Gasteiger partial charge is 0.228 e. The molecular formula is C18H31N5O3S2. The fourth-order valence-corrected chi connectivity index (χ4v) is 6.71. The molecule has 0 aromatic carbocycles. The minimum absolute atomic E-state index is 0.219. The molecule has 158 valence electrons. The Hall–Kier alpha value is -0.840. The second-order valence-corrected chi connectivity index (χ2v) is 11.3. The van der Waals surface area contributed by atoms with E-state index in [4.69, 9.17) is 4.74 Å². The molecule has 0 N–H and O–H groups in total. The van der Waals surface area contributed by atoms with Crippen molar-refractivity contribution in [1.29, 1.82) is 0 Å². The first-order valence-corrected chi connectivity index (χ1v) is 13.0. The first-order chi connectivity index (χ1) is 13.5. The zero-order chi connectivity index (χ0) is 19.6. The summed E-state index contributed by atoms with van der Waals surface area (Å²) in [7, 11) is -3.04. The van der Waals surface area contributed by atoms with Gasteiger partial charge in [-0.15, -0.1) is 10.2 Å². The quantitative estimate of drug-likeness (QED) is 0.612. The van der Waals surface area contributed by atoms with E-state index in [0.29, 0.717) is 18.8 Å². The van der Waals surface area contributed by atoms with Gasteiger partial charge >= 0.3 is 0 Å². The zero-order valence-electron chi connectivity index (χ0n) is 16.6. The van der Waals surface area contributed by atoms with E-state index in [1.165, 1.54) is 12.8 Å². The van der Waals surface area contributed by atoms with Crippen LogP contribution in [0.3, 0.4) is 0 Å². The molecule has 4 heterocycles. The van der Waals surface area contributed by atoms with E-state index in [2.05, 4.69) is 26.6 Å². The normalized spacial score (nSPS) is 26.3. The number of nitrogens with zero attached hydrogens (tertiary/aromatic N) is 5. The lowest BCUT2D eigenvalue weighted by Crippen LogP contribution is -2.35. The van der Waals surface area contributed by atoms with E-state index in [-0.39, 0.29) is 11.9 Å². The van der Waals surface area contributed by atoms with Crippen molar-refractivity contribution in [3.63, 3.8) is 0 Å². The maximum Gasteiger partial charge on any atom is 0.228 e. The Morgan fingerprint density at radius 3 is 2.64 bits per heavy atom. The number of sulfonamides is 1. The van der Waals surface area contributed by atoms with Crippen LogP contribution < -0.4 is 4.90 Å². The standard InChI is InChI=1S/C18H31N5O3S2/c1-15-5-8-21(9-6-15)17-19-20-18(23(17)14-16-4-2-11-26-16)27-12-10-22-7-3-13-28(22,24)25/h15-16H,2-14H2,1H3. The van der Waals surface area contributed by atoms with Gasteiger partial charge in [0, 0.05) is 38.5 Å². The third-order valence-corrected chi connectivity index (χ3v) is 8.85. The zero-order valence-corrected chi connectivity index (χ0v) is 18.3. The fourth-order valence-electron chi connectivity index (χ4n) is 4.16.